The van der Waals surface area contributed by atoms with E-state index in [1.165, 1.54) is 45.6 Å². The summed E-state index contributed by atoms with van der Waals surface area (Å²) in [4.78, 5) is 43.4. The van der Waals surface area contributed by atoms with Gasteiger partial charge in [0.05, 0.1) is 49.8 Å². The van der Waals surface area contributed by atoms with E-state index in [0.29, 0.717) is 32.8 Å². The van der Waals surface area contributed by atoms with Crippen molar-refractivity contribution in [2.75, 3.05) is 47.1 Å². The molecule has 1 aromatic carbocycles. The minimum absolute atomic E-state index is 0.0784. The monoisotopic (exact) mass is 482 g/mol. The molecule has 0 bridgehead atoms. The number of rotatable bonds is 7. The Morgan fingerprint density at radius 2 is 1.89 bits per heavy atom. The SMILES string of the molecule is COC(=O)c1ccc(C(=O)OC)c(N=Cc2c(C)c(C#N)c(=O)n(CCN3CCOCC3)c2O)c1. The van der Waals surface area contributed by atoms with Gasteiger partial charge in [-0.15, -0.1) is 0 Å². The number of carbonyl (C=O) groups excluding carboxylic acids is 2. The molecule has 1 aliphatic rings. The van der Waals surface area contributed by atoms with Crippen LogP contribution >= 0.6 is 0 Å². The smallest absolute Gasteiger partial charge is 0.340 e. The zero-order valence-corrected chi connectivity index (χ0v) is 19.7. The average molecular weight is 482 g/mol. The van der Waals surface area contributed by atoms with E-state index in [-0.39, 0.29) is 45.9 Å². The fourth-order valence-corrected chi connectivity index (χ4v) is 3.70. The molecular formula is C24H26N4O7. The molecule has 35 heavy (non-hydrogen) atoms. The third-order valence-electron chi connectivity index (χ3n) is 5.75. The predicted octanol–water partition coefficient (Wildman–Crippen LogP) is 1.39. The summed E-state index contributed by atoms with van der Waals surface area (Å²) in [6.45, 7) is 4.74. The molecule has 0 saturated carbocycles. The summed E-state index contributed by atoms with van der Waals surface area (Å²) < 4.78 is 16.0. The van der Waals surface area contributed by atoms with Gasteiger partial charge in [0.1, 0.15) is 11.6 Å². The molecule has 0 spiro atoms. The Labute approximate surface area is 201 Å². The maximum Gasteiger partial charge on any atom is 0.340 e. The second kappa shape index (κ2) is 11.4. The number of pyridine rings is 1. The lowest BCUT2D eigenvalue weighted by Gasteiger charge is -2.27. The lowest BCUT2D eigenvalue weighted by atomic mass is 10.1. The Bertz CT molecular complexity index is 1250. The van der Waals surface area contributed by atoms with Gasteiger partial charge >= 0.3 is 11.9 Å². The first-order valence-corrected chi connectivity index (χ1v) is 10.8. The normalized spacial score (nSPS) is 14.0. The number of aromatic nitrogens is 1. The number of hydrogen-bond acceptors (Lipinski definition) is 10. The highest BCUT2D eigenvalue weighted by atomic mass is 16.5. The van der Waals surface area contributed by atoms with E-state index in [4.69, 9.17) is 14.2 Å². The summed E-state index contributed by atoms with van der Waals surface area (Å²) in [5.41, 5.74) is -0.0228. The third-order valence-corrected chi connectivity index (χ3v) is 5.75. The number of nitrogens with zero attached hydrogens (tertiary/aromatic N) is 4. The van der Waals surface area contributed by atoms with Crippen LogP contribution in [0.1, 0.15) is 37.4 Å². The van der Waals surface area contributed by atoms with Crippen LogP contribution < -0.4 is 5.56 Å². The van der Waals surface area contributed by atoms with E-state index >= 15 is 0 Å². The summed E-state index contributed by atoms with van der Waals surface area (Å²) in [7, 11) is 2.44. The standard InChI is InChI=1S/C24H26N4O7/c1-15-18(13-25)21(29)28(7-6-27-8-10-35-11-9-27)22(30)19(15)14-26-20-12-16(23(31)33-2)4-5-17(20)24(32)34-3/h4-5,12,14,30H,6-11H2,1-3H3. The van der Waals surface area contributed by atoms with Gasteiger partial charge in [0.2, 0.25) is 5.88 Å². The number of morpholine rings is 1. The van der Waals surface area contributed by atoms with Crippen molar-refractivity contribution >= 4 is 23.8 Å². The van der Waals surface area contributed by atoms with Crippen LogP contribution in [0.25, 0.3) is 0 Å². The highest BCUT2D eigenvalue weighted by Crippen LogP contribution is 2.25. The first-order chi connectivity index (χ1) is 16.8. The van der Waals surface area contributed by atoms with Gasteiger partial charge in [-0.1, -0.05) is 0 Å². The second-order valence-electron chi connectivity index (χ2n) is 7.73. The third kappa shape index (κ3) is 5.56. The quantitative estimate of drug-likeness (QED) is 0.457. The highest BCUT2D eigenvalue weighted by Gasteiger charge is 2.20. The maximum absolute atomic E-state index is 12.9. The van der Waals surface area contributed by atoms with E-state index < -0.39 is 17.5 Å². The first kappa shape index (κ1) is 25.6. The zero-order chi connectivity index (χ0) is 25.5. The molecule has 2 heterocycles. The molecule has 11 heteroatoms. The van der Waals surface area contributed by atoms with Crippen LogP contribution in [0.3, 0.4) is 0 Å². The Hall–Kier alpha value is -4.01. The van der Waals surface area contributed by atoms with Gasteiger partial charge in [0, 0.05) is 32.4 Å². The minimum atomic E-state index is -0.678. The van der Waals surface area contributed by atoms with Crippen molar-refractivity contribution in [3.05, 3.63) is 56.4 Å². The Morgan fingerprint density at radius 3 is 2.51 bits per heavy atom. The Morgan fingerprint density at radius 1 is 1.20 bits per heavy atom. The van der Waals surface area contributed by atoms with Crippen molar-refractivity contribution in [1.82, 2.24) is 9.47 Å². The van der Waals surface area contributed by atoms with Gasteiger partial charge in [-0.25, -0.2) is 9.59 Å². The number of aromatic hydroxyl groups is 1. The lowest BCUT2D eigenvalue weighted by Crippen LogP contribution is -2.39. The molecule has 0 atom stereocenters. The first-order valence-electron chi connectivity index (χ1n) is 10.8. The van der Waals surface area contributed by atoms with E-state index in [9.17, 15) is 24.8 Å². The fraction of sp³-hybridized carbons (Fsp3) is 0.375. The van der Waals surface area contributed by atoms with Gasteiger partial charge in [-0.3, -0.25) is 19.3 Å². The van der Waals surface area contributed by atoms with Crippen LogP contribution in [0, 0.1) is 18.3 Å². The summed E-state index contributed by atoms with van der Waals surface area (Å²) in [6, 6.07) is 6.03. The van der Waals surface area contributed by atoms with Gasteiger partial charge in [0.15, 0.2) is 0 Å². The van der Waals surface area contributed by atoms with Crippen molar-refractivity contribution in [1.29, 1.82) is 5.26 Å². The number of esters is 2. The highest BCUT2D eigenvalue weighted by molar-refractivity contribution is 5.99. The van der Waals surface area contributed by atoms with Crippen LogP contribution in [0.4, 0.5) is 5.69 Å². The molecule has 3 rings (SSSR count). The predicted molar refractivity (Wildman–Crippen MR) is 125 cm³/mol. The van der Waals surface area contributed by atoms with Crippen LogP contribution in [-0.2, 0) is 20.8 Å². The molecular weight excluding hydrogens is 456 g/mol. The van der Waals surface area contributed by atoms with Gasteiger partial charge in [-0.05, 0) is 30.7 Å². The van der Waals surface area contributed by atoms with Gasteiger partial charge in [0.25, 0.3) is 5.56 Å². The number of carbonyl (C=O) groups is 2. The molecule has 2 aromatic rings. The van der Waals surface area contributed by atoms with Gasteiger partial charge < -0.3 is 19.3 Å². The summed E-state index contributed by atoms with van der Waals surface area (Å²) >= 11 is 0. The molecule has 0 amide bonds. The maximum atomic E-state index is 12.9. The largest absolute Gasteiger partial charge is 0.494 e. The Balaban J connectivity index is 2.05. The lowest BCUT2D eigenvalue weighted by molar-refractivity contribution is 0.0360. The van der Waals surface area contributed by atoms with Crippen molar-refractivity contribution in [2.24, 2.45) is 4.99 Å². The van der Waals surface area contributed by atoms with Crippen molar-refractivity contribution < 1.29 is 28.9 Å². The van der Waals surface area contributed by atoms with Crippen molar-refractivity contribution in [2.45, 2.75) is 13.5 Å². The number of benzene rings is 1. The molecule has 1 N–H and O–H groups in total. The summed E-state index contributed by atoms with van der Waals surface area (Å²) in [6.07, 6.45) is 1.25. The molecule has 1 fully saturated rings. The summed E-state index contributed by atoms with van der Waals surface area (Å²) in [5, 5.41) is 20.5. The molecule has 11 nitrogen and oxygen atoms in total. The zero-order valence-electron chi connectivity index (χ0n) is 19.7. The van der Waals surface area contributed by atoms with Crippen molar-refractivity contribution in [3.8, 4) is 11.9 Å². The second-order valence-corrected chi connectivity index (χ2v) is 7.73. The number of methoxy groups -OCH3 is 2. The number of nitriles is 1. The van der Waals surface area contributed by atoms with E-state index in [0.717, 1.165) is 4.57 Å². The number of hydrogen-bond donors (Lipinski definition) is 1. The molecule has 1 aromatic heterocycles. The molecule has 0 unspecified atom stereocenters. The van der Waals surface area contributed by atoms with Crippen LogP contribution in [0.5, 0.6) is 5.88 Å². The topological polar surface area (TPSA) is 143 Å². The van der Waals surface area contributed by atoms with E-state index in [1.807, 2.05) is 6.07 Å². The fourth-order valence-electron chi connectivity index (χ4n) is 3.70. The van der Waals surface area contributed by atoms with Crippen LogP contribution in [-0.4, -0.2) is 79.8 Å². The van der Waals surface area contributed by atoms with Crippen LogP contribution in [0.2, 0.25) is 0 Å². The molecule has 184 valence electrons. The average Bonchev–Trinajstić information content (AvgIpc) is 2.88. The molecule has 0 radical (unpaired) electrons. The van der Waals surface area contributed by atoms with Crippen molar-refractivity contribution in [3.63, 3.8) is 0 Å². The summed E-state index contributed by atoms with van der Waals surface area (Å²) in [5.74, 6) is -1.66. The number of aliphatic imine (C=N–C) groups is 1. The minimum Gasteiger partial charge on any atom is -0.494 e. The Kier molecular flexibility index (Phi) is 8.35. The van der Waals surface area contributed by atoms with E-state index in [2.05, 4.69) is 9.89 Å². The van der Waals surface area contributed by atoms with Crippen LogP contribution in [0.15, 0.2) is 28.0 Å². The number of ether oxygens (including phenoxy) is 3. The molecule has 1 aliphatic heterocycles. The van der Waals surface area contributed by atoms with E-state index in [1.54, 1.807) is 0 Å². The molecule has 1 saturated heterocycles. The molecule has 0 aliphatic carbocycles. The van der Waals surface area contributed by atoms with Gasteiger partial charge in [-0.2, -0.15) is 5.26 Å².